The maximum absolute atomic E-state index is 4.85. The van der Waals surface area contributed by atoms with Gasteiger partial charge in [-0.15, -0.1) is 0 Å². The summed E-state index contributed by atoms with van der Waals surface area (Å²) in [5.41, 5.74) is 4.85. The first-order valence-corrected chi connectivity index (χ1v) is 2.53. The van der Waals surface area contributed by atoms with Crippen molar-refractivity contribution < 1.29 is 0 Å². The zero-order valence-corrected chi connectivity index (χ0v) is 5.57. The summed E-state index contributed by atoms with van der Waals surface area (Å²) in [5, 5.41) is 0. The molecule has 0 aliphatic carbocycles. The molecule has 2 N–H and O–H groups in total. The van der Waals surface area contributed by atoms with E-state index in [4.69, 9.17) is 5.73 Å². The minimum Gasteiger partial charge on any atom is -0.331 e. The van der Waals surface area contributed by atoms with Crippen molar-refractivity contribution in [3.8, 4) is 0 Å². The van der Waals surface area contributed by atoms with Crippen LogP contribution < -0.4 is 5.73 Å². The lowest BCUT2D eigenvalue weighted by molar-refractivity contribution is 1.09. The molecule has 0 heterocycles. The van der Waals surface area contributed by atoms with E-state index in [1.807, 2.05) is 6.92 Å². The average Bonchev–Trinajstić information content (AvgIpc) is 1.39. The fourth-order valence-corrected chi connectivity index (χ4v) is 0. The second-order valence-electron chi connectivity index (χ2n) is 1.12. The molecule has 51 valence electrons. The minimum absolute atomic E-state index is 0. The van der Waals surface area contributed by atoms with Crippen LogP contribution in [0.5, 0.6) is 0 Å². The number of nitrogens with two attached hydrogens (primary N) is 1. The smallest absolute Gasteiger partial charge is 0 e. The third-order valence-electron chi connectivity index (χ3n) is 0. The van der Waals surface area contributed by atoms with E-state index in [0.29, 0.717) is 0 Å². The number of rotatable bonds is 0. The largest absolute Gasteiger partial charge is 0.331 e. The fourth-order valence-electron chi connectivity index (χ4n) is 0. The van der Waals surface area contributed by atoms with Gasteiger partial charge in [-0.2, -0.15) is 0 Å². The molecule has 0 aromatic carbocycles. The Morgan fingerprint density at radius 1 is 1.12 bits per heavy atom. The predicted octanol–water partition coefficient (Wildman–Crippen LogP) is 1.64. The van der Waals surface area contributed by atoms with Gasteiger partial charge in [-0.3, -0.25) is 0 Å². The van der Waals surface area contributed by atoms with Crippen molar-refractivity contribution in [2.24, 2.45) is 5.73 Å². The number of hydrogen-bond acceptors (Lipinski definition) is 1. The van der Waals surface area contributed by atoms with Crippen molar-refractivity contribution in [2.75, 3.05) is 6.54 Å². The highest BCUT2D eigenvalue weighted by molar-refractivity contribution is 5.75. The topological polar surface area (TPSA) is 26.0 Å². The Labute approximate surface area is 56.2 Å². The van der Waals surface area contributed by atoms with Crippen LogP contribution in [0.2, 0.25) is 0 Å². The summed E-state index contributed by atoms with van der Waals surface area (Å²) >= 11 is 0. The molecule has 0 atom stereocenters. The summed E-state index contributed by atoms with van der Waals surface area (Å²) in [5.74, 6) is 0. The molecule has 3 radical (unpaired) electrons. The molecule has 1 nitrogen and oxygen atoms in total. The molecule has 0 rings (SSSR count). The molecule has 0 saturated carbocycles. The van der Waals surface area contributed by atoms with E-state index in [1.165, 1.54) is 6.42 Å². The highest BCUT2D eigenvalue weighted by atomic mass is 14.5. The third kappa shape index (κ3) is 245000. The Morgan fingerprint density at radius 2 is 1.12 bits per heavy atom. The van der Waals surface area contributed by atoms with Gasteiger partial charge in [0.1, 0.15) is 0 Å². The van der Waals surface area contributed by atoms with Crippen LogP contribution in [0.3, 0.4) is 0 Å². The zero-order chi connectivity index (χ0) is 5.41. The van der Waals surface area contributed by atoms with Gasteiger partial charge < -0.3 is 5.73 Å². The molecule has 8 heavy (non-hydrogen) atoms. The Balaban J connectivity index is -0.0000000160. The first-order chi connectivity index (χ1) is 2.83. The van der Waals surface area contributed by atoms with E-state index >= 15 is 0 Å². The SMILES string of the molecule is C.CCC.CCN.[B]. The van der Waals surface area contributed by atoms with Crippen LogP contribution in [-0.4, -0.2) is 15.0 Å². The normalized spacial score (nSPS) is 4.50. The summed E-state index contributed by atoms with van der Waals surface area (Å²) < 4.78 is 0. The molecule has 0 aromatic heterocycles. The van der Waals surface area contributed by atoms with Crippen molar-refractivity contribution in [3.05, 3.63) is 0 Å². The average molecular weight is 116 g/mol. The highest BCUT2D eigenvalue weighted by Gasteiger charge is 1.35. The van der Waals surface area contributed by atoms with E-state index in [9.17, 15) is 0 Å². The van der Waals surface area contributed by atoms with Gasteiger partial charge in [0.2, 0.25) is 0 Å². The first kappa shape index (κ1) is 24.4. The van der Waals surface area contributed by atoms with Gasteiger partial charge in [-0.05, 0) is 6.54 Å². The fraction of sp³-hybridized carbons (Fsp3) is 1.00. The lowest BCUT2D eigenvalue weighted by Gasteiger charge is -1.53. The summed E-state index contributed by atoms with van der Waals surface area (Å²) in [6, 6.07) is 0. The third-order valence-corrected chi connectivity index (χ3v) is 0. The summed E-state index contributed by atoms with van der Waals surface area (Å²) in [7, 11) is 0. The van der Waals surface area contributed by atoms with E-state index < -0.39 is 0 Å². The van der Waals surface area contributed by atoms with Gasteiger partial charge in [-0.1, -0.05) is 34.6 Å². The molecule has 0 aromatic rings. The molecule has 0 bridgehead atoms. The van der Waals surface area contributed by atoms with Gasteiger partial charge in [0.15, 0.2) is 0 Å². The van der Waals surface area contributed by atoms with Gasteiger partial charge >= 0.3 is 0 Å². The molecule has 0 saturated heterocycles. The summed E-state index contributed by atoms with van der Waals surface area (Å²) in [4.78, 5) is 0. The van der Waals surface area contributed by atoms with Crippen molar-refractivity contribution in [3.63, 3.8) is 0 Å². The van der Waals surface area contributed by atoms with Crippen LogP contribution in [0, 0.1) is 0 Å². The Kier molecular flexibility index (Phi) is 190. The highest BCUT2D eigenvalue weighted by Crippen LogP contribution is 1.56. The minimum atomic E-state index is 0. The van der Waals surface area contributed by atoms with E-state index in [2.05, 4.69) is 13.8 Å². The van der Waals surface area contributed by atoms with Crippen LogP contribution in [0.25, 0.3) is 0 Å². The van der Waals surface area contributed by atoms with Crippen molar-refractivity contribution in [2.45, 2.75) is 34.6 Å². The summed E-state index contributed by atoms with van der Waals surface area (Å²) in [6.07, 6.45) is 1.25. The molecular weight excluding hydrogens is 96.9 g/mol. The van der Waals surface area contributed by atoms with E-state index in [-0.39, 0.29) is 15.8 Å². The molecule has 0 aliphatic rings. The van der Waals surface area contributed by atoms with Crippen LogP contribution in [0.4, 0.5) is 0 Å². The molecule has 0 spiro atoms. The quantitative estimate of drug-likeness (QED) is 0.478. The maximum Gasteiger partial charge on any atom is 0 e. The maximum atomic E-state index is 4.85. The Bertz CT molecular complexity index is 10.5. The Morgan fingerprint density at radius 3 is 1.12 bits per heavy atom. The second-order valence-corrected chi connectivity index (χ2v) is 1.12. The predicted molar refractivity (Wildman–Crippen MR) is 43.2 cm³/mol. The molecule has 0 amide bonds. The van der Waals surface area contributed by atoms with Crippen molar-refractivity contribution in [1.82, 2.24) is 0 Å². The second kappa shape index (κ2) is 62.2. The molecule has 0 aliphatic heterocycles. The first-order valence-electron chi connectivity index (χ1n) is 2.53. The zero-order valence-electron chi connectivity index (χ0n) is 5.57. The molecule has 2 heteroatoms. The van der Waals surface area contributed by atoms with Gasteiger partial charge in [0, 0.05) is 8.41 Å². The van der Waals surface area contributed by atoms with Gasteiger partial charge in [0.05, 0.1) is 0 Å². The van der Waals surface area contributed by atoms with Crippen molar-refractivity contribution >= 4 is 8.41 Å². The number of hydrogen-bond donors (Lipinski definition) is 1. The molecule has 0 fully saturated rings. The van der Waals surface area contributed by atoms with Gasteiger partial charge in [-0.25, -0.2) is 0 Å². The molecular formula is C6H19BN. The monoisotopic (exact) mass is 116 g/mol. The lowest BCUT2D eigenvalue weighted by atomic mass is 10.6. The van der Waals surface area contributed by atoms with Crippen molar-refractivity contribution in [1.29, 1.82) is 0 Å². The lowest BCUT2D eigenvalue weighted by Crippen LogP contribution is -1.87. The Hall–Kier alpha value is 0.0249. The standard InChI is InChI=1S/C3H8.C2H7N.CH4.B/c1-3-2;1-2-3;;/h3H2,1-2H3;2-3H2,1H3;1H4;. The van der Waals surface area contributed by atoms with Crippen LogP contribution in [0.1, 0.15) is 34.6 Å². The van der Waals surface area contributed by atoms with Gasteiger partial charge in [0.25, 0.3) is 0 Å². The molecule has 0 unspecified atom stereocenters. The van der Waals surface area contributed by atoms with E-state index in [0.717, 1.165) is 6.54 Å². The van der Waals surface area contributed by atoms with Crippen LogP contribution >= 0.6 is 0 Å². The van der Waals surface area contributed by atoms with Crippen LogP contribution in [-0.2, 0) is 0 Å². The summed E-state index contributed by atoms with van der Waals surface area (Å²) in [6.45, 7) is 6.90. The van der Waals surface area contributed by atoms with Crippen LogP contribution in [0.15, 0.2) is 0 Å². The van der Waals surface area contributed by atoms with E-state index in [1.54, 1.807) is 0 Å².